The Balaban J connectivity index is 2.38. The molecule has 2 rings (SSSR count). The van der Waals surface area contributed by atoms with Crippen molar-refractivity contribution in [1.29, 1.82) is 0 Å². The maximum Gasteiger partial charge on any atom is 0.123 e. The zero-order valence-corrected chi connectivity index (χ0v) is 11.0. The van der Waals surface area contributed by atoms with Crippen LogP contribution >= 0.6 is 0 Å². The molecule has 0 saturated carbocycles. The number of aryl methyl sites for hydroxylation is 1. The molecule has 1 N–H and O–H groups in total. The smallest absolute Gasteiger partial charge is 0.123 e. The predicted octanol–water partition coefficient (Wildman–Crippen LogP) is 3.76. The van der Waals surface area contributed by atoms with E-state index in [0.717, 1.165) is 24.9 Å². The third-order valence-corrected chi connectivity index (χ3v) is 3.70. The Bertz CT molecular complexity index is 392. The first kappa shape index (κ1) is 12.6. The van der Waals surface area contributed by atoms with E-state index in [4.69, 9.17) is 0 Å². The van der Waals surface area contributed by atoms with Gasteiger partial charge in [-0.05, 0) is 61.9 Å². The number of rotatable bonds is 3. The van der Waals surface area contributed by atoms with Crippen molar-refractivity contribution in [2.45, 2.75) is 45.6 Å². The highest BCUT2D eigenvalue weighted by atomic mass is 19.1. The number of benzene rings is 1. The van der Waals surface area contributed by atoms with Gasteiger partial charge in [0.1, 0.15) is 5.82 Å². The minimum atomic E-state index is -0.135. The minimum Gasteiger partial charge on any atom is -0.307 e. The van der Waals surface area contributed by atoms with Crippen LogP contribution in [0.5, 0.6) is 0 Å². The van der Waals surface area contributed by atoms with Crippen molar-refractivity contribution < 1.29 is 4.39 Å². The Morgan fingerprint density at radius 3 is 2.71 bits per heavy atom. The number of halogens is 1. The summed E-state index contributed by atoms with van der Waals surface area (Å²) in [6.45, 7) is 7.59. The lowest BCUT2D eigenvalue weighted by atomic mass is 9.79. The summed E-state index contributed by atoms with van der Waals surface area (Å²) in [6.07, 6.45) is 3.50. The van der Waals surface area contributed by atoms with Gasteiger partial charge < -0.3 is 5.32 Å². The molecule has 1 atom stereocenters. The zero-order chi connectivity index (χ0) is 12.5. The summed E-state index contributed by atoms with van der Waals surface area (Å²) in [5.41, 5.74) is 2.43. The summed E-state index contributed by atoms with van der Waals surface area (Å²) in [7, 11) is 0. The summed E-state index contributed by atoms with van der Waals surface area (Å²) in [5.74, 6) is 0.508. The fourth-order valence-corrected chi connectivity index (χ4v) is 3.18. The van der Waals surface area contributed by atoms with Gasteiger partial charge in [-0.25, -0.2) is 4.39 Å². The van der Waals surface area contributed by atoms with Crippen molar-refractivity contribution in [2.24, 2.45) is 5.92 Å². The SMILES string of the molecule is Cc1cc(F)ccc1C1(CC(C)C)CCCN1. The summed E-state index contributed by atoms with van der Waals surface area (Å²) in [4.78, 5) is 0. The molecule has 2 heteroatoms. The van der Waals surface area contributed by atoms with Gasteiger partial charge >= 0.3 is 0 Å². The van der Waals surface area contributed by atoms with Gasteiger partial charge in [-0.1, -0.05) is 19.9 Å². The molecule has 1 saturated heterocycles. The molecule has 0 amide bonds. The van der Waals surface area contributed by atoms with Gasteiger partial charge in [0, 0.05) is 5.54 Å². The van der Waals surface area contributed by atoms with Gasteiger partial charge in [-0.2, -0.15) is 0 Å². The van der Waals surface area contributed by atoms with Crippen LogP contribution in [-0.2, 0) is 5.54 Å². The van der Waals surface area contributed by atoms with Crippen LogP contribution in [0, 0.1) is 18.7 Å². The largest absolute Gasteiger partial charge is 0.307 e. The highest BCUT2D eigenvalue weighted by molar-refractivity contribution is 5.34. The molecular weight excluding hydrogens is 213 g/mol. The normalized spacial score (nSPS) is 24.5. The Morgan fingerprint density at radius 2 is 2.18 bits per heavy atom. The van der Waals surface area contributed by atoms with Gasteiger partial charge in [0.2, 0.25) is 0 Å². The Kier molecular flexibility index (Phi) is 3.53. The molecule has 1 aliphatic heterocycles. The Morgan fingerprint density at radius 1 is 1.41 bits per heavy atom. The molecule has 1 unspecified atom stereocenters. The average Bonchev–Trinajstić information content (AvgIpc) is 2.65. The molecule has 17 heavy (non-hydrogen) atoms. The molecule has 1 fully saturated rings. The van der Waals surface area contributed by atoms with Crippen LogP contribution in [-0.4, -0.2) is 6.54 Å². The Labute approximate surface area is 103 Å². The van der Waals surface area contributed by atoms with Crippen LogP contribution in [0.2, 0.25) is 0 Å². The van der Waals surface area contributed by atoms with Crippen molar-refractivity contribution >= 4 is 0 Å². The van der Waals surface area contributed by atoms with Crippen molar-refractivity contribution in [1.82, 2.24) is 5.32 Å². The van der Waals surface area contributed by atoms with Crippen LogP contribution in [0.4, 0.5) is 4.39 Å². The van der Waals surface area contributed by atoms with Crippen LogP contribution in [0.25, 0.3) is 0 Å². The van der Waals surface area contributed by atoms with E-state index in [2.05, 4.69) is 19.2 Å². The molecular formula is C15H22FN. The number of hydrogen-bond donors (Lipinski definition) is 1. The van der Waals surface area contributed by atoms with E-state index in [1.165, 1.54) is 12.0 Å². The molecule has 0 spiro atoms. The van der Waals surface area contributed by atoms with E-state index < -0.39 is 0 Å². The fourth-order valence-electron chi connectivity index (χ4n) is 3.18. The molecule has 0 bridgehead atoms. The first-order chi connectivity index (χ1) is 8.03. The lowest BCUT2D eigenvalue weighted by molar-refractivity contribution is 0.309. The number of nitrogens with one attached hydrogen (secondary N) is 1. The average molecular weight is 235 g/mol. The summed E-state index contributed by atoms with van der Waals surface area (Å²) >= 11 is 0. The maximum absolute atomic E-state index is 13.2. The van der Waals surface area contributed by atoms with Gasteiger partial charge in [0.25, 0.3) is 0 Å². The second-order valence-electron chi connectivity index (χ2n) is 5.67. The van der Waals surface area contributed by atoms with Crippen LogP contribution < -0.4 is 5.32 Å². The first-order valence-corrected chi connectivity index (χ1v) is 6.55. The summed E-state index contributed by atoms with van der Waals surface area (Å²) < 4.78 is 13.2. The predicted molar refractivity (Wildman–Crippen MR) is 69.5 cm³/mol. The highest BCUT2D eigenvalue weighted by Gasteiger charge is 2.36. The quantitative estimate of drug-likeness (QED) is 0.841. The lowest BCUT2D eigenvalue weighted by Gasteiger charge is -2.33. The van der Waals surface area contributed by atoms with Crippen molar-refractivity contribution in [3.8, 4) is 0 Å². The van der Waals surface area contributed by atoms with E-state index in [1.54, 1.807) is 12.1 Å². The molecule has 1 heterocycles. The molecule has 1 nitrogen and oxygen atoms in total. The minimum absolute atomic E-state index is 0.0753. The second kappa shape index (κ2) is 4.77. The van der Waals surface area contributed by atoms with Gasteiger partial charge in [-0.3, -0.25) is 0 Å². The molecule has 1 aromatic rings. The van der Waals surface area contributed by atoms with E-state index >= 15 is 0 Å². The van der Waals surface area contributed by atoms with Gasteiger partial charge in [0.15, 0.2) is 0 Å². The van der Waals surface area contributed by atoms with Crippen molar-refractivity contribution in [3.63, 3.8) is 0 Å². The lowest BCUT2D eigenvalue weighted by Crippen LogP contribution is -2.38. The van der Waals surface area contributed by atoms with Crippen LogP contribution in [0.3, 0.4) is 0 Å². The second-order valence-corrected chi connectivity index (χ2v) is 5.67. The first-order valence-electron chi connectivity index (χ1n) is 6.55. The highest BCUT2D eigenvalue weighted by Crippen LogP contribution is 2.38. The van der Waals surface area contributed by atoms with Gasteiger partial charge in [-0.15, -0.1) is 0 Å². The summed E-state index contributed by atoms with van der Waals surface area (Å²) in [6, 6.07) is 5.20. The third kappa shape index (κ3) is 2.52. The topological polar surface area (TPSA) is 12.0 Å². The molecule has 0 aromatic heterocycles. The Hall–Kier alpha value is -0.890. The van der Waals surface area contributed by atoms with E-state index in [0.29, 0.717) is 5.92 Å². The molecule has 94 valence electrons. The maximum atomic E-state index is 13.2. The molecule has 0 aliphatic carbocycles. The van der Waals surface area contributed by atoms with Crippen LogP contribution in [0.1, 0.15) is 44.2 Å². The standard InChI is InChI=1S/C15H22FN/c1-11(2)10-15(7-4-8-17-15)14-6-5-13(16)9-12(14)3/h5-6,9,11,17H,4,7-8,10H2,1-3H3. The van der Waals surface area contributed by atoms with E-state index in [1.807, 2.05) is 13.0 Å². The molecule has 1 aromatic carbocycles. The van der Waals surface area contributed by atoms with Gasteiger partial charge in [0.05, 0.1) is 0 Å². The zero-order valence-electron chi connectivity index (χ0n) is 11.0. The van der Waals surface area contributed by atoms with Crippen molar-refractivity contribution in [2.75, 3.05) is 6.54 Å². The summed E-state index contributed by atoms with van der Waals surface area (Å²) in [5, 5.41) is 3.66. The number of hydrogen-bond acceptors (Lipinski definition) is 1. The third-order valence-electron chi connectivity index (χ3n) is 3.70. The fraction of sp³-hybridized carbons (Fsp3) is 0.600. The molecule has 0 radical (unpaired) electrons. The van der Waals surface area contributed by atoms with E-state index in [-0.39, 0.29) is 11.4 Å². The monoisotopic (exact) mass is 235 g/mol. The van der Waals surface area contributed by atoms with Crippen LogP contribution in [0.15, 0.2) is 18.2 Å². The molecule has 1 aliphatic rings. The van der Waals surface area contributed by atoms with E-state index in [9.17, 15) is 4.39 Å². The van der Waals surface area contributed by atoms with Crippen molar-refractivity contribution in [3.05, 3.63) is 35.1 Å².